The molecule has 0 fully saturated rings. The lowest BCUT2D eigenvalue weighted by molar-refractivity contribution is 0.721. The molecule has 0 bridgehead atoms. The average Bonchev–Trinajstić information content (AvgIpc) is 1.87. The number of hydrogen-bond acceptors (Lipinski definition) is 1. The fraction of sp³-hybridized carbons (Fsp3) is 0.778. The second kappa shape index (κ2) is 6.81. The van der Waals surface area contributed by atoms with Crippen LogP contribution in [0.4, 0.5) is 0 Å². The standard InChI is InChI=1S/C9H19N/c1-4-10-8-6-5-7-9(2)3/h5,7,9-10H,4,6,8H2,1-3H3/b7-5-. The lowest BCUT2D eigenvalue weighted by Crippen LogP contribution is -2.12. The molecule has 10 heavy (non-hydrogen) atoms. The molecule has 60 valence electrons. The Bertz CT molecular complexity index is 84.7. The van der Waals surface area contributed by atoms with E-state index in [1.807, 2.05) is 0 Å². The van der Waals surface area contributed by atoms with Crippen molar-refractivity contribution in [3.05, 3.63) is 12.2 Å². The van der Waals surface area contributed by atoms with E-state index >= 15 is 0 Å². The fourth-order valence-corrected chi connectivity index (χ4v) is 0.731. The van der Waals surface area contributed by atoms with Crippen molar-refractivity contribution in [3.63, 3.8) is 0 Å². The molecule has 0 radical (unpaired) electrons. The van der Waals surface area contributed by atoms with Gasteiger partial charge in [0.05, 0.1) is 0 Å². The lowest BCUT2D eigenvalue weighted by Gasteiger charge is -1.96. The highest BCUT2D eigenvalue weighted by molar-refractivity contribution is 4.84. The molecule has 0 spiro atoms. The molecule has 0 aromatic carbocycles. The average molecular weight is 141 g/mol. The molecule has 0 aliphatic heterocycles. The molecular formula is C9H19N. The number of rotatable bonds is 5. The number of nitrogens with one attached hydrogen (secondary N) is 1. The Labute approximate surface area is 64.5 Å². The maximum atomic E-state index is 3.27. The highest BCUT2D eigenvalue weighted by Gasteiger charge is 1.82. The minimum atomic E-state index is 0.696. The van der Waals surface area contributed by atoms with Gasteiger partial charge in [0.25, 0.3) is 0 Å². The lowest BCUT2D eigenvalue weighted by atomic mass is 10.2. The maximum Gasteiger partial charge on any atom is -0.00144 e. The summed E-state index contributed by atoms with van der Waals surface area (Å²) >= 11 is 0. The molecule has 1 N–H and O–H groups in total. The summed E-state index contributed by atoms with van der Waals surface area (Å²) in [6, 6.07) is 0. The van der Waals surface area contributed by atoms with E-state index in [1.165, 1.54) is 0 Å². The van der Waals surface area contributed by atoms with Crippen LogP contribution in [-0.2, 0) is 0 Å². The Balaban J connectivity index is 3.02. The van der Waals surface area contributed by atoms with Crippen LogP contribution in [-0.4, -0.2) is 13.1 Å². The highest BCUT2D eigenvalue weighted by Crippen LogP contribution is 1.93. The first-order valence-electron chi connectivity index (χ1n) is 4.14. The van der Waals surface area contributed by atoms with Crippen LogP contribution in [0.5, 0.6) is 0 Å². The van der Waals surface area contributed by atoms with Crippen LogP contribution in [0, 0.1) is 5.92 Å². The molecule has 0 unspecified atom stereocenters. The zero-order valence-electron chi connectivity index (χ0n) is 7.35. The Hall–Kier alpha value is -0.300. The third kappa shape index (κ3) is 7.70. The first-order chi connectivity index (χ1) is 4.77. The van der Waals surface area contributed by atoms with Crippen molar-refractivity contribution < 1.29 is 0 Å². The van der Waals surface area contributed by atoms with Crippen LogP contribution in [0.1, 0.15) is 27.2 Å². The second-order valence-corrected chi connectivity index (χ2v) is 2.81. The van der Waals surface area contributed by atoms with Gasteiger partial charge in [-0.1, -0.05) is 32.9 Å². The first kappa shape index (κ1) is 9.70. The molecule has 0 aromatic rings. The van der Waals surface area contributed by atoms with Gasteiger partial charge >= 0.3 is 0 Å². The number of allylic oxidation sites excluding steroid dienone is 1. The molecule has 1 nitrogen and oxygen atoms in total. The molecule has 0 heterocycles. The third-order valence-corrected chi connectivity index (χ3v) is 1.26. The van der Waals surface area contributed by atoms with E-state index < -0.39 is 0 Å². The van der Waals surface area contributed by atoms with Crippen molar-refractivity contribution in [2.75, 3.05) is 13.1 Å². The van der Waals surface area contributed by atoms with Gasteiger partial charge in [-0.2, -0.15) is 0 Å². The first-order valence-corrected chi connectivity index (χ1v) is 4.14. The predicted octanol–water partition coefficient (Wildman–Crippen LogP) is 2.20. The molecule has 0 aliphatic carbocycles. The Morgan fingerprint density at radius 2 is 2.10 bits per heavy atom. The van der Waals surface area contributed by atoms with E-state index in [0.717, 1.165) is 19.5 Å². The predicted molar refractivity (Wildman–Crippen MR) is 47.1 cm³/mol. The van der Waals surface area contributed by atoms with E-state index in [9.17, 15) is 0 Å². The SMILES string of the molecule is CCNCC/C=C\C(C)C. The normalized spacial score (nSPS) is 11.6. The van der Waals surface area contributed by atoms with E-state index in [-0.39, 0.29) is 0 Å². The summed E-state index contributed by atoms with van der Waals surface area (Å²) in [6.07, 6.45) is 5.65. The van der Waals surface area contributed by atoms with Crippen LogP contribution in [0.3, 0.4) is 0 Å². The summed E-state index contributed by atoms with van der Waals surface area (Å²) < 4.78 is 0. The third-order valence-electron chi connectivity index (χ3n) is 1.26. The quantitative estimate of drug-likeness (QED) is 0.457. The highest BCUT2D eigenvalue weighted by atomic mass is 14.8. The summed E-state index contributed by atoms with van der Waals surface area (Å²) in [7, 11) is 0. The summed E-state index contributed by atoms with van der Waals surface area (Å²) in [5.41, 5.74) is 0. The Kier molecular flexibility index (Phi) is 6.61. The van der Waals surface area contributed by atoms with E-state index in [0.29, 0.717) is 5.92 Å². The molecule has 0 amide bonds. The van der Waals surface area contributed by atoms with Crippen LogP contribution in [0.15, 0.2) is 12.2 Å². The fourth-order valence-electron chi connectivity index (χ4n) is 0.731. The van der Waals surface area contributed by atoms with Crippen molar-refractivity contribution in [1.29, 1.82) is 0 Å². The maximum absolute atomic E-state index is 3.27. The Morgan fingerprint density at radius 3 is 2.60 bits per heavy atom. The number of hydrogen-bond donors (Lipinski definition) is 1. The molecule has 0 saturated carbocycles. The van der Waals surface area contributed by atoms with Crippen molar-refractivity contribution in [2.45, 2.75) is 27.2 Å². The monoisotopic (exact) mass is 141 g/mol. The minimum Gasteiger partial charge on any atom is -0.317 e. The molecule has 0 rings (SSSR count). The zero-order valence-corrected chi connectivity index (χ0v) is 7.35. The molecular weight excluding hydrogens is 122 g/mol. The van der Waals surface area contributed by atoms with Gasteiger partial charge in [-0.3, -0.25) is 0 Å². The minimum absolute atomic E-state index is 0.696. The van der Waals surface area contributed by atoms with Gasteiger partial charge in [0, 0.05) is 0 Å². The summed E-state index contributed by atoms with van der Waals surface area (Å²) in [5.74, 6) is 0.696. The van der Waals surface area contributed by atoms with Crippen LogP contribution in [0.2, 0.25) is 0 Å². The molecule has 1 heteroatoms. The van der Waals surface area contributed by atoms with Crippen molar-refractivity contribution in [1.82, 2.24) is 5.32 Å². The second-order valence-electron chi connectivity index (χ2n) is 2.81. The van der Waals surface area contributed by atoms with Gasteiger partial charge in [0.15, 0.2) is 0 Å². The van der Waals surface area contributed by atoms with Crippen molar-refractivity contribution >= 4 is 0 Å². The summed E-state index contributed by atoms with van der Waals surface area (Å²) in [6.45, 7) is 8.72. The van der Waals surface area contributed by atoms with E-state index in [4.69, 9.17) is 0 Å². The van der Waals surface area contributed by atoms with Gasteiger partial charge in [-0.05, 0) is 25.4 Å². The van der Waals surface area contributed by atoms with Crippen LogP contribution < -0.4 is 5.32 Å². The topological polar surface area (TPSA) is 12.0 Å². The van der Waals surface area contributed by atoms with Gasteiger partial charge in [-0.25, -0.2) is 0 Å². The van der Waals surface area contributed by atoms with E-state index in [1.54, 1.807) is 0 Å². The van der Waals surface area contributed by atoms with Crippen LogP contribution >= 0.6 is 0 Å². The largest absolute Gasteiger partial charge is 0.317 e. The van der Waals surface area contributed by atoms with E-state index in [2.05, 4.69) is 38.2 Å². The summed E-state index contributed by atoms with van der Waals surface area (Å²) in [4.78, 5) is 0. The van der Waals surface area contributed by atoms with Gasteiger partial charge < -0.3 is 5.32 Å². The van der Waals surface area contributed by atoms with Gasteiger partial charge in [-0.15, -0.1) is 0 Å². The smallest absolute Gasteiger partial charge is 0.00144 e. The molecule has 0 aromatic heterocycles. The summed E-state index contributed by atoms with van der Waals surface area (Å²) in [5, 5.41) is 3.27. The van der Waals surface area contributed by atoms with Gasteiger partial charge in [0.2, 0.25) is 0 Å². The van der Waals surface area contributed by atoms with Crippen molar-refractivity contribution in [3.8, 4) is 0 Å². The van der Waals surface area contributed by atoms with Crippen LogP contribution in [0.25, 0.3) is 0 Å². The Morgan fingerprint density at radius 1 is 1.40 bits per heavy atom. The molecule has 0 atom stereocenters. The zero-order chi connectivity index (χ0) is 7.82. The molecule has 0 saturated heterocycles. The van der Waals surface area contributed by atoms with Gasteiger partial charge in [0.1, 0.15) is 0 Å². The molecule has 0 aliphatic rings. The van der Waals surface area contributed by atoms with Crippen molar-refractivity contribution in [2.24, 2.45) is 5.92 Å².